The third kappa shape index (κ3) is 1.81. The molecule has 86 valence electrons. The highest BCUT2D eigenvalue weighted by atomic mass is 15.4. The van der Waals surface area contributed by atoms with E-state index in [1.165, 1.54) is 0 Å². The molecule has 17 heavy (non-hydrogen) atoms. The summed E-state index contributed by atoms with van der Waals surface area (Å²) in [5.74, 6) is 0.716. The maximum Gasteiger partial charge on any atom is 0.188 e. The zero-order chi connectivity index (χ0) is 12.4. The quantitative estimate of drug-likeness (QED) is 0.841. The van der Waals surface area contributed by atoms with E-state index in [1.807, 2.05) is 55.4 Å². The van der Waals surface area contributed by atoms with Gasteiger partial charge in [-0.1, -0.05) is 18.2 Å². The fourth-order valence-corrected chi connectivity index (χ4v) is 1.68. The molecule has 0 aliphatic rings. The highest BCUT2D eigenvalue weighted by molar-refractivity contribution is 5.71. The molecule has 5 heteroatoms. The van der Waals surface area contributed by atoms with Gasteiger partial charge in [-0.15, -0.1) is 0 Å². The normalized spacial score (nSPS) is 9.94. The average Bonchev–Trinajstić information content (AvgIpc) is 2.67. The van der Waals surface area contributed by atoms with Crippen LogP contribution in [0.3, 0.4) is 0 Å². The van der Waals surface area contributed by atoms with Gasteiger partial charge in [0.2, 0.25) is 0 Å². The van der Waals surface area contributed by atoms with Crippen LogP contribution < -0.4 is 10.6 Å². The SMILES string of the molecule is CN(C)c1c(N)c(C#N)nn1-c1ccccc1. The largest absolute Gasteiger partial charge is 0.393 e. The summed E-state index contributed by atoms with van der Waals surface area (Å²) in [6, 6.07) is 11.6. The highest BCUT2D eigenvalue weighted by Gasteiger charge is 2.17. The number of anilines is 2. The predicted molar refractivity (Wildman–Crippen MR) is 67.0 cm³/mol. The van der Waals surface area contributed by atoms with Crippen LogP contribution in [0.25, 0.3) is 5.69 Å². The molecule has 0 fully saturated rings. The minimum Gasteiger partial charge on any atom is -0.393 e. The van der Waals surface area contributed by atoms with Crippen LogP contribution in [0.5, 0.6) is 0 Å². The van der Waals surface area contributed by atoms with Gasteiger partial charge in [0.15, 0.2) is 11.5 Å². The first-order chi connectivity index (χ1) is 8.15. The Labute approximate surface area is 99.7 Å². The summed E-state index contributed by atoms with van der Waals surface area (Å²) in [6.45, 7) is 0. The van der Waals surface area contributed by atoms with Gasteiger partial charge in [-0.3, -0.25) is 0 Å². The van der Waals surface area contributed by atoms with Gasteiger partial charge in [0.05, 0.1) is 5.69 Å². The zero-order valence-electron chi connectivity index (χ0n) is 9.75. The summed E-state index contributed by atoms with van der Waals surface area (Å²) in [7, 11) is 3.74. The van der Waals surface area contributed by atoms with Gasteiger partial charge in [-0.2, -0.15) is 10.4 Å². The Morgan fingerprint density at radius 1 is 1.29 bits per heavy atom. The van der Waals surface area contributed by atoms with Crippen molar-refractivity contribution in [2.24, 2.45) is 0 Å². The third-order valence-corrected chi connectivity index (χ3v) is 2.43. The Morgan fingerprint density at radius 3 is 2.47 bits per heavy atom. The minimum absolute atomic E-state index is 0.248. The van der Waals surface area contributed by atoms with Crippen molar-refractivity contribution in [2.75, 3.05) is 24.7 Å². The Morgan fingerprint density at radius 2 is 1.94 bits per heavy atom. The average molecular weight is 227 g/mol. The lowest BCUT2D eigenvalue weighted by Gasteiger charge is -2.15. The van der Waals surface area contributed by atoms with Gasteiger partial charge in [-0.25, -0.2) is 4.68 Å². The van der Waals surface area contributed by atoms with Crippen molar-refractivity contribution < 1.29 is 0 Å². The van der Waals surface area contributed by atoms with Crippen molar-refractivity contribution in [3.8, 4) is 11.8 Å². The van der Waals surface area contributed by atoms with Gasteiger partial charge in [-0.05, 0) is 12.1 Å². The summed E-state index contributed by atoms with van der Waals surface area (Å²) < 4.78 is 1.67. The van der Waals surface area contributed by atoms with E-state index in [1.54, 1.807) is 4.68 Å². The van der Waals surface area contributed by atoms with E-state index in [0.29, 0.717) is 11.5 Å². The van der Waals surface area contributed by atoms with Crippen LogP contribution in [0, 0.1) is 11.3 Å². The van der Waals surface area contributed by atoms with Crippen LogP contribution in [0.4, 0.5) is 11.5 Å². The minimum atomic E-state index is 0.248. The van der Waals surface area contributed by atoms with Gasteiger partial charge in [0.25, 0.3) is 0 Å². The smallest absolute Gasteiger partial charge is 0.188 e. The van der Waals surface area contributed by atoms with Crippen LogP contribution in [-0.2, 0) is 0 Å². The third-order valence-electron chi connectivity index (χ3n) is 2.43. The van der Waals surface area contributed by atoms with Crippen LogP contribution >= 0.6 is 0 Å². The van der Waals surface area contributed by atoms with Gasteiger partial charge in [0, 0.05) is 14.1 Å². The molecule has 0 unspecified atom stereocenters. The number of nitriles is 1. The molecule has 0 saturated carbocycles. The predicted octanol–water partition coefficient (Wildman–Crippen LogP) is 1.39. The van der Waals surface area contributed by atoms with E-state index in [0.717, 1.165) is 5.69 Å². The molecular weight excluding hydrogens is 214 g/mol. The molecule has 1 heterocycles. The Kier molecular flexibility index (Phi) is 2.71. The first-order valence-corrected chi connectivity index (χ1v) is 5.16. The molecule has 2 rings (SSSR count). The maximum atomic E-state index is 8.96. The number of para-hydroxylation sites is 1. The molecule has 5 nitrogen and oxygen atoms in total. The molecule has 0 aliphatic carbocycles. The Balaban J connectivity index is 2.66. The number of benzene rings is 1. The number of hydrogen-bond donors (Lipinski definition) is 1. The maximum absolute atomic E-state index is 8.96. The van der Waals surface area contributed by atoms with Gasteiger partial charge < -0.3 is 10.6 Å². The lowest BCUT2D eigenvalue weighted by Crippen LogP contribution is -2.15. The number of aromatic nitrogens is 2. The molecule has 0 saturated heterocycles. The van der Waals surface area contributed by atoms with E-state index < -0.39 is 0 Å². The molecule has 1 aromatic heterocycles. The number of rotatable bonds is 2. The molecule has 0 radical (unpaired) electrons. The van der Waals surface area contributed by atoms with Crippen LogP contribution in [-0.4, -0.2) is 23.9 Å². The van der Waals surface area contributed by atoms with E-state index >= 15 is 0 Å². The molecule has 2 aromatic rings. The summed E-state index contributed by atoms with van der Waals surface area (Å²) in [6.07, 6.45) is 0. The summed E-state index contributed by atoms with van der Waals surface area (Å²) in [5.41, 5.74) is 7.44. The Hall–Kier alpha value is -2.48. The van der Waals surface area contributed by atoms with Crippen molar-refractivity contribution in [3.63, 3.8) is 0 Å². The summed E-state index contributed by atoms with van der Waals surface area (Å²) in [5, 5.41) is 13.2. The second kappa shape index (κ2) is 4.18. The first kappa shape index (κ1) is 11.0. The summed E-state index contributed by atoms with van der Waals surface area (Å²) >= 11 is 0. The fourth-order valence-electron chi connectivity index (χ4n) is 1.68. The van der Waals surface area contributed by atoms with Crippen molar-refractivity contribution in [3.05, 3.63) is 36.0 Å². The molecule has 0 bridgehead atoms. The molecule has 0 spiro atoms. The molecule has 2 N–H and O–H groups in total. The van der Waals surface area contributed by atoms with E-state index in [2.05, 4.69) is 5.10 Å². The van der Waals surface area contributed by atoms with E-state index in [4.69, 9.17) is 11.0 Å². The fraction of sp³-hybridized carbons (Fsp3) is 0.167. The molecule has 0 amide bonds. The first-order valence-electron chi connectivity index (χ1n) is 5.16. The number of nitrogens with two attached hydrogens (primary N) is 1. The molecule has 0 aliphatic heterocycles. The monoisotopic (exact) mass is 227 g/mol. The van der Waals surface area contributed by atoms with E-state index in [-0.39, 0.29) is 5.69 Å². The van der Waals surface area contributed by atoms with Crippen molar-refractivity contribution in [2.45, 2.75) is 0 Å². The van der Waals surface area contributed by atoms with Crippen LogP contribution in [0.15, 0.2) is 30.3 Å². The standard InChI is InChI=1S/C12H13N5/c1-16(2)12-11(14)10(8-13)15-17(12)9-6-4-3-5-7-9/h3-7H,14H2,1-2H3. The topological polar surface area (TPSA) is 70.9 Å². The van der Waals surface area contributed by atoms with Gasteiger partial charge in [0.1, 0.15) is 11.8 Å². The Bertz CT molecular complexity index is 563. The highest BCUT2D eigenvalue weighted by Crippen LogP contribution is 2.27. The van der Waals surface area contributed by atoms with Crippen molar-refractivity contribution >= 4 is 11.5 Å². The lowest BCUT2D eigenvalue weighted by molar-refractivity contribution is 0.849. The summed E-state index contributed by atoms with van der Waals surface area (Å²) in [4.78, 5) is 1.84. The molecular formula is C12H13N5. The molecule has 1 aromatic carbocycles. The number of nitrogens with zero attached hydrogens (tertiary/aromatic N) is 4. The second-order valence-corrected chi connectivity index (χ2v) is 3.84. The lowest BCUT2D eigenvalue weighted by atomic mass is 10.3. The van der Waals surface area contributed by atoms with Gasteiger partial charge >= 0.3 is 0 Å². The number of nitrogen functional groups attached to an aromatic ring is 1. The second-order valence-electron chi connectivity index (χ2n) is 3.84. The van der Waals surface area contributed by atoms with Crippen molar-refractivity contribution in [1.29, 1.82) is 5.26 Å². The van der Waals surface area contributed by atoms with Crippen LogP contribution in [0.2, 0.25) is 0 Å². The van der Waals surface area contributed by atoms with E-state index in [9.17, 15) is 0 Å². The number of hydrogen-bond acceptors (Lipinski definition) is 4. The molecule has 0 atom stereocenters. The van der Waals surface area contributed by atoms with Crippen molar-refractivity contribution in [1.82, 2.24) is 9.78 Å². The zero-order valence-corrected chi connectivity index (χ0v) is 9.75. The van der Waals surface area contributed by atoms with Crippen LogP contribution in [0.1, 0.15) is 5.69 Å².